The van der Waals surface area contributed by atoms with E-state index in [4.69, 9.17) is 17.2 Å². The van der Waals surface area contributed by atoms with Crippen LogP contribution < -0.4 is 59.7 Å². The molecule has 23 nitrogen and oxygen atoms in total. The number of carbonyl (C=O) groups is 10. The second-order valence-electron chi connectivity index (χ2n) is 18.8. The van der Waals surface area contributed by atoms with Gasteiger partial charge in [-0.3, -0.25) is 43.2 Å². The Balaban J connectivity index is 3.54. The number of hydrogen-bond donors (Lipinski definition) is 13. The monoisotopic (exact) mass is 1040 g/mol. The van der Waals surface area contributed by atoms with E-state index in [0.29, 0.717) is 30.6 Å². The van der Waals surface area contributed by atoms with Crippen molar-refractivity contribution in [2.24, 2.45) is 35.0 Å². The van der Waals surface area contributed by atoms with Crippen molar-refractivity contribution in [3.05, 3.63) is 35.9 Å². The molecule has 0 radical (unpaired) electrons. The number of primary amides is 1. The predicted molar refractivity (Wildman–Crippen MR) is 272 cm³/mol. The number of rotatable bonds is 34. The van der Waals surface area contributed by atoms with Gasteiger partial charge in [-0.05, 0) is 87.8 Å². The van der Waals surface area contributed by atoms with E-state index in [2.05, 4.69) is 42.5 Å². The van der Waals surface area contributed by atoms with Gasteiger partial charge in [0, 0.05) is 6.42 Å². The van der Waals surface area contributed by atoms with Gasteiger partial charge in [0.1, 0.15) is 54.4 Å². The molecule has 0 heterocycles. The van der Waals surface area contributed by atoms with Gasteiger partial charge in [-0.1, -0.05) is 78.3 Å². The lowest BCUT2D eigenvalue weighted by molar-refractivity contribution is -0.143. The molecule has 0 bridgehead atoms. The Labute approximate surface area is 427 Å². The van der Waals surface area contributed by atoms with Crippen molar-refractivity contribution >= 4 is 70.9 Å². The zero-order valence-corrected chi connectivity index (χ0v) is 43.9. The van der Waals surface area contributed by atoms with Gasteiger partial charge in [0.15, 0.2) is 0 Å². The van der Waals surface area contributed by atoms with E-state index in [0.717, 1.165) is 0 Å². The molecule has 0 saturated carbocycles. The summed E-state index contributed by atoms with van der Waals surface area (Å²) in [7, 11) is 0. The number of carboxylic acid groups (broad SMARTS) is 1. The number of nitrogens with one attached hydrogen (secondary N) is 8. The van der Waals surface area contributed by atoms with Gasteiger partial charge in [0.25, 0.3) is 0 Å². The molecule has 72 heavy (non-hydrogen) atoms. The van der Waals surface area contributed by atoms with E-state index < -0.39 is 138 Å². The van der Waals surface area contributed by atoms with Crippen molar-refractivity contribution in [3.8, 4) is 0 Å². The van der Waals surface area contributed by atoms with E-state index in [1.807, 2.05) is 13.8 Å². The van der Waals surface area contributed by atoms with Gasteiger partial charge in [0.05, 0.1) is 12.5 Å². The third-order valence-electron chi connectivity index (χ3n) is 11.7. The van der Waals surface area contributed by atoms with Crippen LogP contribution in [0.1, 0.15) is 106 Å². The maximum Gasteiger partial charge on any atom is 0.326 e. The fraction of sp³-hybridized carbons (Fsp3) is 0.667. The molecular weight excluding hydrogens is 955 g/mol. The number of aliphatic hydroxyl groups excluding tert-OH is 1. The Morgan fingerprint density at radius 2 is 1.11 bits per heavy atom. The Hall–Kier alpha value is -5.85. The molecule has 0 aliphatic carbocycles. The maximum atomic E-state index is 14.4. The molecule has 0 fully saturated rings. The molecule has 1 aromatic carbocycles. The number of hydrogen-bond acceptors (Lipinski definition) is 14. The van der Waals surface area contributed by atoms with Crippen molar-refractivity contribution in [3.63, 3.8) is 0 Å². The molecule has 0 spiro atoms. The van der Waals surface area contributed by atoms with Crippen LogP contribution in [-0.4, -0.2) is 148 Å². The number of thioether (sulfide) groups is 1. The van der Waals surface area contributed by atoms with Crippen LogP contribution in [0.15, 0.2) is 30.3 Å². The number of benzene rings is 1. The molecule has 16 N–H and O–H groups in total. The van der Waals surface area contributed by atoms with Gasteiger partial charge < -0.3 is 69.9 Å². The van der Waals surface area contributed by atoms with Crippen molar-refractivity contribution < 1.29 is 58.2 Å². The van der Waals surface area contributed by atoms with Gasteiger partial charge in [-0.2, -0.15) is 11.8 Å². The summed E-state index contributed by atoms with van der Waals surface area (Å²) in [4.78, 5) is 134. The van der Waals surface area contributed by atoms with Crippen LogP contribution in [-0.2, 0) is 54.4 Å². The van der Waals surface area contributed by atoms with Gasteiger partial charge in [-0.25, -0.2) is 4.79 Å². The standard InChI is InChI=1S/C48H81N11O12S/c1-10-27(6)39(59-41(63)31(18-14-15-20-49)53-44(66)34(24-36(50)61)55-40(62)28(7)52-45(67)37(51)29(8)60)47(69)56-33(23-30-16-12-11-13-17-30)43(65)54-32(19-21-72-9)42(64)58-38(26(4)5)46(68)57-35(48(70)71)22-25(2)3/h11-13,16-17,25-29,31-35,37-39,60H,10,14-15,18-24,49,51H2,1-9H3,(H2,50,61)(H,52,67)(H,53,66)(H,54,65)(H,55,62)(H,56,69)(H,57,68)(H,58,64)(H,59,63)(H,70,71)/t27-,28-,29+,31-,32-,33-,34-,35-,37-,38-,39-/m0/s1. The topological polar surface area (TPSA) is 385 Å². The lowest BCUT2D eigenvalue weighted by Crippen LogP contribution is -2.62. The van der Waals surface area contributed by atoms with Crippen LogP contribution in [0, 0.1) is 17.8 Å². The number of aliphatic hydroxyl groups is 1. The van der Waals surface area contributed by atoms with Gasteiger partial charge >= 0.3 is 5.97 Å². The van der Waals surface area contributed by atoms with E-state index in [1.165, 1.54) is 25.6 Å². The van der Waals surface area contributed by atoms with Crippen LogP contribution in [0.5, 0.6) is 0 Å². The van der Waals surface area contributed by atoms with Gasteiger partial charge in [-0.15, -0.1) is 0 Å². The second-order valence-corrected chi connectivity index (χ2v) is 19.8. The van der Waals surface area contributed by atoms with Crippen molar-refractivity contribution in [2.75, 3.05) is 18.6 Å². The molecule has 1 aromatic rings. The first-order valence-electron chi connectivity index (χ1n) is 24.4. The third kappa shape index (κ3) is 23.1. The van der Waals surface area contributed by atoms with Crippen LogP contribution in [0.4, 0.5) is 0 Å². The Bertz CT molecular complexity index is 1960. The normalized spacial score (nSPS) is 15.9. The van der Waals surface area contributed by atoms with E-state index >= 15 is 0 Å². The molecule has 0 saturated heterocycles. The minimum atomic E-state index is -1.62. The van der Waals surface area contributed by atoms with Crippen molar-refractivity contribution in [2.45, 2.75) is 167 Å². The summed E-state index contributed by atoms with van der Waals surface area (Å²) in [5.74, 6) is -9.45. The fourth-order valence-corrected chi connectivity index (χ4v) is 7.60. The summed E-state index contributed by atoms with van der Waals surface area (Å²) < 4.78 is 0. The first-order valence-corrected chi connectivity index (χ1v) is 25.8. The van der Waals surface area contributed by atoms with Crippen LogP contribution in [0.2, 0.25) is 0 Å². The highest BCUT2D eigenvalue weighted by molar-refractivity contribution is 7.98. The van der Waals surface area contributed by atoms with E-state index in [9.17, 15) is 58.2 Å². The van der Waals surface area contributed by atoms with Crippen LogP contribution >= 0.6 is 11.8 Å². The number of aliphatic carboxylic acids is 1. The summed E-state index contributed by atoms with van der Waals surface area (Å²) >= 11 is 1.40. The summed E-state index contributed by atoms with van der Waals surface area (Å²) in [6.07, 6.45) is 1.18. The predicted octanol–water partition coefficient (Wildman–Crippen LogP) is -1.57. The minimum Gasteiger partial charge on any atom is -0.480 e. The second kappa shape index (κ2) is 33.0. The summed E-state index contributed by atoms with van der Waals surface area (Å²) in [5, 5.41) is 40.1. The summed E-state index contributed by atoms with van der Waals surface area (Å²) in [6, 6.07) is -3.10. The number of carbonyl (C=O) groups excluding carboxylic acids is 9. The molecule has 11 atom stereocenters. The molecule has 0 aliphatic heterocycles. The highest BCUT2D eigenvalue weighted by atomic mass is 32.2. The minimum absolute atomic E-state index is 0.000493. The molecule has 1 rings (SSSR count). The smallest absolute Gasteiger partial charge is 0.326 e. The van der Waals surface area contributed by atoms with Crippen LogP contribution in [0.25, 0.3) is 0 Å². The third-order valence-corrected chi connectivity index (χ3v) is 12.4. The van der Waals surface area contributed by atoms with Crippen LogP contribution in [0.3, 0.4) is 0 Å². The molecular formula is C48H81N11O12S. The molecule has 406 valence electrons. The van der Waals surface area contributed by atoms with Gasteiger partial charge in [0.2, 0.25) is 53.2 Å². The van der Waals surface area contributed by atoms with Crippen molar-refractivity contribution in [1.29, 1.82) is 0 Å². The first kappa shape index (κ1) is 64.2. The maximum absolute atomic E-state index is 14.4. The average Bonchev–Trinajstić information content (AvgIpc) is 3.31. The number of nitrogens with two attached hydrogens (primary N) is 3. The molecule has 0 unspecified atom stereocenters. The largest absolute Gasteiger partial charge is 0.480 e. The summed E-state index contributed by atoms with van der Waals surface area (Å²) in [5.41, 5.74) is 17.4. The zero-order valence-electron chi connectivity index (χ0n) is 43.1. The first-order chi connectivity index (χ1) is 33.8. The average molecular weight is 1040 g/mol. The zero-order chi connectivity index (χ0) is 54.8. The SMILES string of the molecule is CC[C@H](C)[C@H](NC(=O)[C@H](CCCCN)NC(=O)[C@H](CC(N)=O)NC(=O)[C@H](C)NC(=O)[C@@H](N)[C@@H](C)O)C(=O)N[C@@H](Cc1ccccc1)C(=O)N[C@@H](CCSC)C(=O)N[C@H](C(=O)N[C@@H](CC(C)C)C(=O)O)C(C)C. The van der Waals surface area contributed by atoms with E-state index in [-0.39, 0.29) is 38.1 Å². The highest BCUT2D eigenvalue weighted by Crippen LogP contribution is 2.14. The van der Waals surface area contributed by atoms with Crippen molar-refractivity contribution in [1.82, 2.24) is 42.5 Å². The highest BCUT2D eigenvalue weighted by Gasteiger charge is 2.37. The molecule has 0 aliphatic rings. The lowest BCUT2D eigenvalue weighted by atomic mass is 9.96. The lowest BCUT2D eigenvalue weighted by Gasteiger charge is -2.30. The number of unbranched alkanes of at least 4 members (excludes halogenated alkanes) is 1. The molecule has 0 aromatic heterocycles. The molecule has 24 heteroatoms. The summed E-state index contributed by atoms with van der Waals surface area (Å²) in [6.45, 7) is 13.2. The fourth-order valence-electron chi connectivity index (χ4n) is 7.13. The Morgan fingerprint density at radius 3 is 1.61 bits per heavy atom. The Kier molecular flexibility index (Phi) is 29.4. The Morgan fingerprint density at radius 1 is 0.611 bits per heavy atom. The molecule has 9 amide bonds. The number of amides is 9. The quantitative estimate of drug-likeness (QED) is 0.0347. The van der Waals surface area contributed by atoms with E-state index in [1.54, 1.807) is 64.3 Å². The number of carboxylic acids is 1.